The first-order chi connectivity index (χ1) is 16.0. The molecule has 0 aliphatic rings. The summed E-state index contributed by atoms with van der Waals surface area (Å²) < 4.78 is 10.7. The van der Waals surface area contributed by atoms with Crippen LogP contribution in [0.3, 0.4) is 0 Å². The number of carbonyl (C=O) groups is 3. The predicted octanol–water partition coefficient (Wildman–Crippen LogP) is 5.85. The van der Waals surface area contributed by atoms with E-state index in [1.165, 1.54) is 7.11 Å². The van der Waals surface area contributed by atoms with Gasteiger partial charge in [-0.15, -0.1) is 11.3 Å². The highest BCUT2D eigenvalue weighted by molar-refractivity contribution is 7.19. The van der Waals surface area contributed by atoms with Crippen LogP contribution >= 0.6 is 22.9 Å². The number of aryl methyl sites for hydroxylation is 1. The minimum absolute atomic E-state index is 0.123. The number of esters is 1. The van der Waals surface area contributed by atoms with Crippen molar-refractivity contribution >= 4 is 51.4 Å². The highest BCUT2D eigenvalue weighted by Crippen LogP contribution is 2.35. The molecule has 0 fully saturated rings. The van der Waals surface area contributed by atoms with E-state index in [1.54, 1.807) is 51.1 Å². The predicted molar refractivity (Wildman–Crippen MR) is 134 cm³/mol. The third-order valence-electron chi connectivity index (χ3n) is 5.10. The number of para-hydroxylation sites is 1. The van der Waals surface area contributed by atoms with Crippen LogP contribution in [0.4, 0.5) is 10.7 Å². The highest BCUT2D eigenvalue weighted by Gasteiger charge is 2.33. The first-order valence-electron chi connectivity index (χ1n) is 10.4. The summed E-state index contributed by atoms with van der Waals surface area (Å²) >= 11 is 6.90. The minimum Gasteiger partial charge on any atom is -0.478 e. The van der Waals surface area contributed by atoms with Gasteiger partial charge in [-0.3, -0.25) is 9.59 Å². The summed E-state index contributed by atoms with van der Waals surface area (Å²) in [6.45, 7) is 6.72. The van der Waals surface area contributed by atoms with E-state index in [0.29, 0.717) is 22.0 Å². The molecule has 9 heteroatoms. The van der Waals surface area contributed by atoms with E-state index in [0.717, 1.165) is 16.9 Å². The first-order valence-corrected chi connectivity index (χ1v) is 11.6. The minimum atomic E-state index is -1.29. The highest BCUT2D eigenvalue weighted by atomic mass is 35.5. The van der Waals surface area contributed by atoms with Crippen molar-refractivity contribution in [3.05, 3.63) is 75.1 Å². The number of nitrogens with one attached hydrogen (secondary N) is 2. The SMILES string of the molecule is COC(=O)c1c(NC(=O)C(C)(C)Oc2ccc(Cl)cc2)sc(C(=O)Nc2ccccc2C)c1C. The number of amides is 2. The van der Waals surface area contributed by atoms with Crippen molar-refractivity contribution in [1.82, 2.24) is 0 Å². The van der Waals surface area contributed by atoms with Gasteiger partial charge in [-0.1, -0.05) is 29.8 Å². The molecule has 0 bridgehead atoms. The van der Waals surface area contributed by atoms with Crippen LogP contribution in [0, 0.1) is 13.8 Å². The van der Waals surface area contributed by atoms with Gasteiger partial charge in [0.15, 0.2) is 5.60 Å². The number of methoxy groups -OCH3 is 1. The van der Waals surface area contributed by atoms with Gasteiger partial charge in [0.25, 0.3) is 11.8 Å². The van der Waals surface area contributed by atoms with Gasteiger partial charge in [0, 0.05) is 10.7 Å². The number of hydrogen-bond acceptors (Lipinski definition) is 6. The van der Waals surface area contributed by atoms with E-state index in [4.69, 9.17) is 21.1 Å². The second-order valence-corrected chi connectivity index (χ2v) is 9.50. The van der Waals surface area contributed by atoms with E-state index < -0.39 is 17.5 Å². The molecular weight excluding hydrogens is 476 g/mol. The molecule has 34 heavy (non-hydrogen) atoms. The number of carbonyl (C=O) groups excluding carboxylic acids is 3. The number of hydrogen-bond donors (Lipinski definition) is 2. The van der Waals surface area contributed by atoms with Gasteiger partial charge >= 0.3 is 5.97 Å². The topological polar surface area (TPSA) is 93.7 Å². The Bertz CT molecular complexity index is 1230. The van der Waals surface area contributed by atoms with Gasteiger partial charge in [-0.2, -0.15) is 0 Å². The lowest BCUT2D eigenvalue weighted by atomic mass is 10.1. The molecule has 0 unspecified atom stereocenters. The van der Waals surface area contributed by atoms with E-state index in [1.807, 2.05) is 25.1 Å². The molecule has 0 aliphatic heterocycles. The number of anilines is 2. The summed E-state index contributed by atoms with van der Waals surface area (Å²) in [4.78, 5) is 38.9. The lowest BCUT2D eigenvalue weighted by molar-refractivity contribution is -0.128. The van der Waals surface area contributed by atoms with Crippen LogP contribution in [-0.2, 0) is 9.53 Å². The van der Waals surface area contributed by atoms with Gasteiger partial charge in [-0.05, 0) is 69.2 Å². The van der Waals surface area contributed by atoms with Crippen LogP contribution in [0.5, 0.6) is 5.75 Å². The number of ether oxygens (including phenoxy) is 2. The van der Waals surface area contributed by atoms with Crippen LogP contribution < -0.4 is 15.4 Å². The summed E-state index contributed by atoms with van der Waals surface area (Å²) in [5.41, 5.74) is 0.798. The van der Waals surface area contributed by atoms with Crippen LogP contribution in [0.25, 0.3) is 0 Å². The molecule has 0 radical (unpaired) electrons. The summed E-state index contributed by atoms with van der Waals surface area (Å²) in [6.07, 6.45) is 0. The van der Waals surface area contributed by atoms with Crippen molar-refractivity contribution in [2.75, 3.05) is 17.7 Å². The van der Waals surface area contributed by atoms with Gasteiger partial charge in [0.1, 0.15) is 10.8 Å². The first kappa shape index (κ1) is 25.3. The Morgan fingerprint density at radius 3 is 2.24 bits per heavy atom. The number of halogens is 1. The Morgan fingerprint density at radius 2 is 1.62 bits per heavy atom. The Morgan fingerprint density at radius 1 is 0.971 bits per heavy atom. The molecule has 0 aliphatic carbocycles. The smallest absolute Gasteiger partial charge is 0.341 e. The maximum absolute atomic E-state index is 13.1. The molecular formula is C25H25ClN2O5S. The van der Waals surface area contributed by atoms with E-state index in [2.05, 4.69) is 10.6 Å². The van der Waals surface area contributed by atoms with Crippen LogP contribution in [0.2, 0.25) is 5.02 Å². The standard InChI is InChI=1S/C25H25ClN2O5S/c1-14-8-6-7-9-18(14)27-21(29)20-15(2)19(23(30)32-5)22(34-20)28-24(31)25(3,4)33-17-12-10-16(26)11-13-17/h6-13H,1-5H3,(H,27,29)(H,28,31). The molecule has 2 amide bonds. The molecule has 178 valence electrons. The van der Waals surface area contributed by atoms with Crippen LogP contribution in [0.1, 0.15) is 45.0 Å². The average Bonchev–Trinajstić information content (AvgIpc) is 3.12. The second-order valence-electron chi connectivity index (χ2n) is 8.04. The number of benzene rings is 2. The van der Waals surface area contributed by atoms with Crippen molar-refractivity contribution in [2.24, 2.45) is 0 Å². The van der Waals surface area contributed by atoms with E-state index in [-0.39, 0.29) is 21.3 Å². The lowest BCUT2D eigenvalue weighted by Crippen LogP contribution is -2.42. The number of thiophene rings is 1. The van der Waals surface area contributed by atoms with Gasteiger partial charge in [0.05, 0.1) is 17.6 Å². The Kier molecular flexibility index (Phi) is 7.64. The van der Waals surface area contributed by atoms with E-state index >= 15 is 0 Å². The van der Waals surface area contributed by atoms with Crippen molar-refractivity contribution in [2.45, 2.75) is 33.3 Å². The van der Waals surface area contributed by atoms with Crippen LogP contribution in [-0.4, -0.2) is 30.5 Å². The van der Waals surface area contributed by atoms with Crippen molar-refractivity contribution in [1.29, 1.82) is 0 Å². The third kappa shape index (κ3) is 5.58. The Hall–Kier alpha value is -3.36. The van der Waals surface area contributed by atoms with Gasteiger partial charge in [0.2, 0.25) is 0 Å². The fraction of sp³-hybridized carbons (Fsp3) is 0.240. The second kappa shape index (κ2) is 10.3. The van der Waals surface area contributed by atoms with Crippen molar-refractivity contribution in [3.63, 3.8) is 0 Å². The summed E-state index contributed by atoms with van der Waals surface area (Å²) in [6, 6.07) is 14.0. The van der Waals surface area contributed by atoms with Gasteiger partial charge in [-0.25, -0.2) is 4.79 Å². The number of rotatable bonds is 7. The fourth-order valence-electron chi connectivity index (χ4n) is 3.16. The quantitative estimate of drug-likeness (QED) is 0.397. The lowest BCUT2D eigenvalue weighted by Gasteiger charge is -2.25. The molecule has 0 saturated heterocycles. The Balaban J connectivity index is 1.88. The molecule has 3 rings (SSSR count). The monoisotopic (exact) mass is 500 g/mol. The van der Waals surface area contributed by atoms with Crippen LogP contribution in [0.15, 0.2) is 48.5 Å². The largest absolute Gasteiger partial charge is 0.478 e. The molecule has 3 aromatic rings. The Labute approximate surface area is 207 Å². The molecule has 7 nitrogen and oxygen atoms in total. The maximum Gasteiger partial charge on any atom is 0.341 e. The zero-order chi connectivity index (χ0) is 25.0. The van der Waals surface area contributed by atoms with Crippen molar-refractivity contribution in [3.8, 4) is 5.75 Å². The molecule has 0 saturated carbocycles. The molecule has 0 atom stereocenters. The summed E-state index contributed by atoms with van der Waals surface area (Å²) in [5.74, 6) is -1.09. The molecule has 1 heterocycles. The zero-order valence-corrected chi connectivity index (χ0v) is 21.0. The maximum atomic E-state index is 13.1. The average molecular weight is 501 g/mol. The third-order valence-corrected chi connectivity index (χ3v) is 6.55. The molecule has 2 N–H and O–H groups in total. The summed E-state index contributed by atoms with van der Waals surface area (Å²) in [7, 11) is 1.24. The normalized spacial score (nSPS) is 11.0. The fourth-order valence-corrected chi connectivity index (χ4v) is 4.37. The zero-order valence-electron chi connectivity index (χ0n) is 19.4. The van der Waals surface area contributed by atoms with Gasteiger partial charge < -0.3 is 20.1 Å². The molecule has 0 spiro atoms. The molecule has 1 aromatic heterocycles. The van der Waals surface area contributed by atoms with Crippen molar-refractivity contribution < 1.29 is 23.9 Å². The van der Waals surface area contributed by atoms with E-state index in [9.17, 15) is 14.4 Å². The molecule has 2 aromatic carbocycles. The summed E-state index contributed by atoms with van der Waals surface area (Å²) in [5, 5.41) is 6.34.